The molecule has 0 unspecified atom stereocenters. The number of carbonyl (C=O) groups is 4. The van der Waals surface area contributed by atoms with Crippen LogP contribution in [0.5, 0.6) is 0 Å². The lowest BCUT2D eigenvalue weighted by molar-refractivity contribution is -0.138. The molecule has 0 aliphatic carbocycles. The van der Waals surface area contributed by atoms with Crippen molar-refractivity contribution >= 4 is 40.8 Å². The molecule has 0 spiro atoms. The molecule has 0 saturated carbocycles. The highest BCUT2D eigenvalue weighted by Crippen LogP contribution is 2.32. The summed E-state index contributed by atoms with van der Waals surface area (Å²) >= 11 is 6.23. The van der Waals surface area contributed by atoms with E-state index in [-0.39, 0.29) is 36.0 Å². The SMILES string of the molecule is CC(C)C[C@H](NC(=O)c1ccc(N(C)C)cc1)C(=O)N1CC[C@@H]2[C@H]1C(=O)CN2C(=O)c1ccccc1Cl. The van der Waals surface area contributed by atoms with Crippen molar-refractivity contribution in [3.63, 3.8) is 0 Å². The van der Waals surface area contributed by atoms with Crippen LogP contribution >= 0.6 is 11.6 Å². The molecule has 2 aromatic carbocycles. The molecular formula is C28H33ClN4O4. The summed E-state index contributed by atoms with van der Waals surface area (Å²) in [6, 6.07) is 12.0. The number of fused-ring (bicyclic) bond motifs is 1. The Labute approximate surface area is 222 Å². The summed E-state index contributed by atoms with van der Waals surface area (Å²) in [6.45, 7) is 4.24. The normalized spacial score (nSPS) is 19.7. The van der Waals surface area contributed by atoms with E-state index in [0.29, 0.717) is 35.5 Å². The first-order valence-electron chi connectivity index (χ1n) is 12.6. The average molecular weight is 525 g/mol. The maximum atomic E-state index is 13.7. The number of nitrogens with zero attached hydrogens (tertiary/aromatic N) is 3. The van der Waals surface area contributed by atoms with Gasteiger partial charge in [0.2, 0.25) is 5.91 Å². The monoisotopic (exact) mass is 524 g/mol. The van der Waals surface area contributed by atoms with Crippen LogP contribution in [0.3, 0.4) is 0 Å². The van der Waals surface area contributed by atoms with Crippen LogP contribution in [0.25, 0.3) is 0 Å². The van der Waals surface area contributed by atoms with E-state index in [9.17, 15) is 19.2 Å². The van der Waals surface area contributed by atoms with E-state index in [1.165, 1.54) is 4.90 Å². The summed E-state index contributed by atoms with van der Waals surface area (Å²) in [5, 5.41) is 3.23. The minimum atomic E-state index is -0.777. The number of rotatable bonds is 7. The van der Waals surface area contributed by atoms with Gasteiger partial charge in [-0.1, -0.05) is 37.6 Å². The van der Waals surface area contributed by atoms with E-state index in [4.69, 9.17) is 11.6 Å². The minimum absolute atomic E-state index is 0.0669. The summed E-state index contributed by atoms with van der Waals surface area (Å²) in [7, 11) is 3.84. The van der Waals surface area contributed by atoms with Crippen LogP contribution < -0.4 is 10.2 Å². The van der Waals surface area contributed by atoms with Crippen molar-refractivity contribution in [3.8, 4) is 0 Å². The Hall–Kier alpha value is -3.39. The third-order valence-electron chi connectivity index (χ3n) is 7.03. The van der Waals surface area contributed by atoms with Gasteiger partial charge in [-0.05, 0) is 55.2 Å². The van der Waals surface area contributed by atoms with Gasteiger partial charge in [-0.2, -0.15) is 0 Å². The number of ketones is 1. The molecule has 196 valence electrons. The van der Waals surface area contributed by atoms with Crippen LogP contribution in [0.1, 0.15) is 47.4 Å². The van der Waals surface area contributed by atoms with Gasteiger partial charge in [-0.3, -0.25) is 19.2 Å². The molecule has 9 heteroatoms. The predicted octanol–water partition coefficient (Wildman–Crippen LogP) is 3.25. The van der Waals surface area contributed by atoms with Crippen LogP contribution in [-0.4, -0.2) is 78.6 Å². The fourth-order valence-electron chi connectivity index (χ4n) is 5.17. The number of hydrogen-bond acceptors (Lipinski definition) is 5. The number of amides is 3. The molecule has 37 heavy (non-hydrogen) atoms. The molecule has 8 nitrogen and oxygen atoms in total. The Kier molecular flexibility index (Phi) is 7.87. The fraction of sp³-hybridized carbons (Fsp3) is 0.429. The van der Waals surface area contributed by atoms with Crippen molar-refractivity contribution < 1.29 is 19.2 Å². The van der Waals surface area contributed by atoms with Crippen LogP contribution in [-0.2, 0) is 9.59 Å². The lowest BCUT2D eigenvalue weighted by atomic mass is 10.0. The van der Waals surface area contributed by atoms with Gasteiger partial charge < -0.3 is 20.0 Å². The number of anilines is 1. The lowest BCUT2D eigenvalue weighted by Crippen LogP contribution is -2.53. The molecule has 2 fully saturated rings. The summed E-state index contributed by atoms with van der Waals surface area (Å²) in [5.74, 6) is -0.978. The van der Waals surface area contributed by atoms with Crippen molar-refractivity contribution in [1.82, 2.24) is 15.1 Å². The number of hydrogen-bond donors (Lipinski definition) is 1. The van der Waals surface area contributed by atoms with Crippen molar-refractivity contribution in [2.24, 2.45) is 5.92 Å². The number of halogens is 1. The molecule has 2 heterocycles. The predicted molar refractivity (Wildman–Crippen MR) is 143 cm³/mol. The van der Waals surface area contributed by atoms with Crippen LogP contribution in [0, 0.1) is 5.92 Å². The number of carbonyl (C=O) groups excluding carboxylic acids is 4. The third-order valence-corrected chi connectivity index (χ3v) is 7.36. The Morgan fingerprint density at radius 1 is 1.05 bits per heavy atom. The zero-order valence-corrected chi connectivity index (χ0v) is 22.4. The highest BCUT2D eigenvalue weighted by Gasteiger charge is 2.52. The summed E-state index contributed by atoms with van der Waals surface area (Å²) < 4.78 is 0. The Morgan fingerprint density at radius 2 is 1.73 bits per heavy atom. The average Bonchev–Trinajstić information content (AvgIpc) is 3.44. The number of benzene rings is 2. The van der Waals surface area contributed by atoms with Gasteiger partial charge in [-0.15, -0.1) is 0 Å². The van der Waals surface area contributed by atoms with Gasteiger partial charge in [0.25, 0.3) is 11.8 Å². The molecule has 4 rings (SSSR count). The van der Waals surface area contributed by atoms with Crippen molar-refractivity contribution in [2.75, 3.05) is 32.1 Å². The molecule has 1 N–H and O–H groups in total. The number of nitrogens with one attached hydrogen (secondary N) is 1. The maximum Gasteiger partial charge on any atom is 0.256 e. The third kappa shape index (κ3) is 5.49. The number of likely N-dealkylation sites (tertiary alicyclic amines) is 2. The van der Waals surface area contributed by atoms with E-state index in [2.05, 4.69) is 5.32 Å². The van der Waals surface area contributed by atoms with Crippen molar-refractivity contribution in [3.05, 3.63) is 64.7 Å². The Balaban J connectivity index is 1.51. The largest absolute Gasteiger partial charge is 0.378 e. The molecule has 3 amide bonds. The molecule has 2 aliphatic heterocycles. The first-order valence-corrected chi connectivity index (χ1v) is 12.9. The zero-order valence-electron chi connectivity index (χ0n) is 21.6. The lowest BCUT2D eigenvalue weighted by Gasteiger charge is -2.29. The van der Waals surface area contributed by atoms with Gasteiger partial charge in [0.05, 0.1) is 23.2 Å². The van der Waals surface area contributed by atoms with E-state index >= 15 is 0 Å². The summed E-state index contributed by atoms with van der Waals surface area (Å²) in [5.41, 5.74) is 1.76. The van der Waals surface area contributed by atoms with E-state index in [0.717, 1.165) is 5.69 Å². The minimum Gasteiger partial charge on any atom is -0.378 e. The van der Waals surface area contributed by atoms with Gasteiger partial charge in [-0.25, -0.2) is 0 Å². The fourth-order valence-corrected chi connectivity index (χ4v) is 5.39. The van der Waals surface area contributed by atoms with Crippen LogP contribution in [0.2, 0.25) is 5.02 Å². The van der Waals surface area contributed by atoms with Crippen LogP contribution in [0.15, 0.2) is 48.5 Å². The Bertz CT molecular complexity index is 1200. The van der Waals surface area contributed by atoms with E-state index in [1.807, 2.05) is 45.0 Å². The highest BCUT2D eigenvalue weighted by molar-refractivity contribution is 6.33. The molecule has 0 aromatic heterocycles. The standard InChI is InChI=1S/C28H33ClN4O4/c1-17(2)15-22(30-26(35)18-9-11-19(12-10-18)31(3)4)28(37)32-14-13-23-25(32)24(34)16-33(23)27(36)20-7-5-6-8-21(20)29/h5-12,17,22-23,25H,13-16H2,1-4H3,(H,30,35)/t22-,23+,25-/m0/s1. The second kappa shape index (κ2) is 10.9. The van der Waals surface area contributed by atoms with E-state index in [1.54, 1.807) is 41.3 Å². The molecule has 3 atom stereocenters. The topological polar surface area (TPSA) is 90.0 Å². The van der Waals surface area contributed by atoms with Crippen LogP contribution in [0.4, 0.5) is 5.69 Å². The molecule has 0 bridgehead atoms. The van der Waals surface area contributed by atoms with Crippen molar-refractivity contribution in [1.29, 1.82) is 0 Å². The molecule has 2 aromatic rings. The second-order valence-corrected chi connectivity index (χ2v) is 10.7. The highest BCUT2D eigenvalue weighted by atomic mass is 35.5. The van der Waals surface area contributed by atoms with Gasteiger partial charge in [0.15, 0.2) is 5.78 Å². The first-order chi connectivity index (χ1) is 17.6. The quantitative estimate of drug-likeness (QED) is 0.600. The summed E-state index contributed by atoms with van der Waals surface area (Å²) in [4.78, 5) is 58.0. The first kappa shape index (κ1) is 26.7. The van der Waals surface area contributed by atoms with Gasteiger partial charge in [0, 0.05) is 31.9 Å². The second-order valence-electron chi connectivity index (χ2n) is 10.3. The molecule has 2 saturated heterocycles. The maximum absolute atomic E-state index is 13.7. The molecule has 0 radical (unpaired) electrons. The van der Waals surface area contributed by atoms with Gasteiger partial charge >= 0.3 is 0 Å². The number of Topliss-reactive ketones (excluding diaryl/α,β-unsaturated/α-hetero) is 1. The molecular weight excluding hydrogens is 492 g/mol. The zero-order chi connectivity index (χ0) is 26.9. The Morgan fingerprint density at radius 3 is 2.35 bits per heavy atom. The van der Waals surface area contributed by atoms with Crippen molar-refractivity contribution in [2.45, 2.75) is 44.8 Å². The summed E-state index contributed by atoms with van der Waals surface area (Å²) in [6.07, 6.45) is 0.928. The smallest absolute Gasteiger partial charge is 0.256 e. The van der Waals surface area contributed by atoms with Gasteiger partial charge in [0.1, 0.15) is 12.1 Å². The van der Waals surface area contributed by atoms with E-state index < -0.39 is 18.1 Å². The molecule has 2 aliphatic rings.